The van der Waals surface area contributed by atoms with Crippen molar-refractivity contribution in [2.75, 3.05) is 11.9 Å². The smallest absolute Gasteiger partial charge is 0.328 e. The summed E-state index contributed by atoms with van der Waals surface area (Å²) in [6, 6.07) is 16.9. The molecule has 1 aliphatic rings. The molecule has 4 rings (SSSR count). The van der Waals surface area contributed by atoms with E-state index >= 15 is 0 Å². The normalized spacial score (nSPS) is 18.2. The number of aldehydes is 1. The number of guanidine groups is 1. The number of aliphatic carboxylic acids is 1. The Kier molecular flexibility index (Phi) is 11.2. The molecular formula is C34H45N5O3. The van der Waals surface area contributed by atoms with Crippen molar-refractivity contribution in [3.63, 3.8) is 0 Å². The molecule has 2 aromatic carbocycles. The zero-order chi connectivity index (χ0) is 29.9. The van der Waals surface area contributed by atoms with Crippen LogP contribution in [0.15, 0.2) is 71.4 Å². The molecule has 7 N–H and O–H groups in total. The van der Waals surface area contributed by atoms with Crippen LogP contribution in [0.1, 0.15) is 75.3 Å². The summed E-state index contributed by atoms with van der Waals surface area (Å²) in [5.74, 6) is 0.569. The number of carboxylic acids is 1. The number of hydrogen-bond donors (Lipinski definition) is 5. The molecular weight excluding hydrogens is 526 g/mol. The number of nitrogens with one attached hydrogen (secondary N) is 2. The highest BCUT2D eigenvalue weighted by molar-refractivity contribution is 5.84. The molecule has 1 heterocycles. The first-order valence-corrected chi connectivity index (χ1v) is 15.2. The van der Waals surface area contributed by atoms with Gasteiger partial charge in [-0.05, 0) is 83.5 Å². The SMILES string of the molecule is CC(C=O)CCCCCCC1c2cc3ccccc3cc2CCC1CC(Nc1ccc[nH]1)C(=CC(=O)O)CN=C(N)N. The molecule has 0 bridgehead atoms. The average Bonchev–Trinajstić information content (AvgIpc) is 3.49. The number of unbranched alkanes of at least 4 members (excludes halogenated alkanes) is 3. The van der Waals surface area contributed by atoms with Gasteiger partial charge >= 0.3 is 5.97 Å². The van der Waals surface area contributed by atoms with Crippen molar-refractivity contribution >= 4 is 34.8 Å². The maximum absolute atomic E-state index is 11.9. The van der Waals surface area contributed by atoms with Gasteiger partial charge in [-0.2, -0.15) is 0 Å². The number of carbonyl (C=O) groups excluding carboxylic acids is 1. The quantitative estimate of drug-likeness (QED) is 0.0458. The Balaban J connectivity index is 1.61. The average molecular weight is 572 g/mol. The van der Waals surface area contributed by atoms with Gasteiger partial charge in [0.25, 0.3) is 0 Å². The van der Waals surface area contributed by atoms with Crippen molar-refractivity contribution < 1.29 is 14.7 Å². The molecule has 0 aliphatic heterocycles. The third kappa shape index (κ3) is 8.71. The molecule has 4 atom stereocenters. The zero-order valence-electron chi connectivity index (χ0n) is 24.6. The Morgan fingerprint density at radius 3 is 2.57 bits per heavy atom. The summed E-state index contributed by atoms with van der Waals surface area (Å²) in [6.45, 7) is 2.10. The number of nitrogens with zero attached hydrogens (tertiary/aromatic N) is 1. The van der Waals surface area contributed by atoms with Gasteiger partial charge in [0.2, 0.25) is 0 Å². The van der Waals surface area contributed by atoms with E-state index in [4.69, 9.17) is 11.5 Å². The summed E-state index contributed by atoms with van der Waals surface area (Å²) in [5.41, 5.74) is 14.8. The first kappa shape index (κ1) is 30.9. The summed E-state index contributed by atoms with van der Waals surface area (Å²) in [4.78, 5) is 30.2. The van der Waals surface area contributed by atoms with Gasteiger partial charge in [-0.3, -0.25) is 0 Å². The Labute approximate surface area is 248 Å². The molecule has 0 saturated carbocycles. The third-order valence-corrected chi connectivity index (χ3v) is 8.58. The number of nitrogens with two attached hydrogens (primary N) is 2. The van der Waals surface area contributed by atoms with Crippen LogP contribution in [0.25, 0.3) is 10.8 Å². The van der Waals surface area contributed by atoms with E-state index in [0.29, 0.717) is 17.4 Å². The number of carboxylic acid groups (broad SMARTS) is 1. The monoisotopic (exact) mass is 571 g/mol. The van der Waals surface area contributed by atoms with Gasteiger partial charge in [-0.25, -0.2) is 9.79 Å². The second-order valence-electron chi connectivity index (χ2n) is 11.7. The van der Waals surface area contributed by atoms with Crippen LogP contribution in [0, 0.1) is 11.8 Å². The molecule has 1 aliphatic carbocycles. The van der Waals surface area contributed by atoms with Crippen LogP contribution in [0.2, 0.25) is 0 Å². The number of aromatic amines is 1. The Morgan fingerprint density at radius 2 is 1.88 bits per heavy atom. The fraction of sp³-hybridized carbons (Fsp3) is 0.441. The van der Waals surface area contributed by atoms with Crippen molar-refractivity contribution in [2.24, 2.45) is 28.3 Å². The van der Waals surface area contributed by atoms with Gasteiger partial charge in [-0.15, -0.1) is 0 Å². The van der Waals surface area contributed by atoms with Gasteiger partial charge in [0, 0.05) is 18.2 Å². The summed E-state index contributed by atoms with van der Waals surface area (Å²) in [7, 11) is 0. The summed E-state index contributed by atoms with van der Waals surface area (Å²) in [5, 5.41) is 15.8. The number of aromatic nitrogens is 1. The minimum atomic E-state index is -1.02. The van der Waals surface area contributed by atoms with Gasteiger partial charge in [-0.1, -0.05) is 69.0 Å². The number of anilines is 1. The van der Waals surface area contributed by atoms with Crippen molar-refractivity contribution in [3.8, 4) is 0 Å². The lowest BCUT2D eigenvalue weighted by Crippen LogP contribution is -2.32. The van der Waals surface area contributed by atoms with Crippen molar-refractivity contribution in [1.29, 1.82) is 0 Å². The fourth-order valence-corrected chi connectivity index (χ4v) is 6.40. The Bertz CT molecular complexity index is 1380. The summed E-state index contributed by atoms with van der Waals surface area (Å²) < 4.78 is 0. The second-order valence-corrected chi connectivity index (χ2v) is 11.7. The van der Waals surface area contributed by atoms with Crippen LogP contribution in [0.4, 0.5) is 5.82 Å². The van der Waals surface area contributed by atoms with Crippen LogP contribution in [-0.2, 0) is 16.0 Å². The number of H-pyrrole nitrogens is 1. The van der Waals surface area contributed by atoms with E-state index in [0.717, 1.165) is 69.9 Å². The van der Waals surface area contributed by atoms with Gasteiger partial charge < -0.3 is 31.7 Å². The topological polar surface area (TPSA) is 147 Å². The lowest BCUT2D eigenvalue weighted by atomic mass is 9.69. The van der Waals surface area contributed by atoms with E-state index in [9.17, 15) is 14.7 Å². The van der Waals surface area contributed by atoms with Crippen LogP contribution in [0.5, 0.6) is 0 Å². The highest BCUT2D eigenvalue weighted by atomic mass is 16.4. The van der Waals surface area contributed by atoms with E-state index in [2.05, 4.69) is 51.7 Å². The van der Waals surface area contributed by atoms with Gasteiger partial charge in [0.05, 0.1) is 12.6 Å². The fourth-order valence-electron chi connectivity index (χ4n) is 6.40. The van der Waals surface area contributed by atoms with Crippen molar-refractivity contribution in [2.45, 2.75) is 76.7 Å². The molecule has 0 fully saturated rings. The maximum Gasteiger partial charge on any atom is 0.328 e. The Hall–Kier alpha value is -4.07. The molecule has 4 unspecified atom stereocenters. The molecule has 8 heteroatoms. The van der Waals surface area contributed by atoms with Crippen LogP contribution in [0.3, 0.4) is 0 Å². The minimum absolute atomic E-state index is 0.0659. The predicted octanol–water partition coefficient (Wildman–Crippen LogP) is 6.14. The standard InChI is InChI=1S/C34H45N5O3/c1-23(22-40)9-4-2-3-5-12-29-27(15-14-26-17-24-10-6-7-11-25(24)18-30(26)29)19-31(39-32-13-8-16-37-32)28(20-33(41)42)21-38-34(35)36/h6-8,10-11,13,16-18,20,22-23,27,29,31,37,39H,2-5,9,12,14-15,19,21H2,1H3,(H,41,42)(H4,35,36,38). The molecule has 0 radical (unpaired) electrons. The molecule has 42 heavy (non-hydrogen) atoms. The summed E-state index contributed by atoms with van der Waals surface area (Å²) in [6.07, 6.45) is 13.4. The van der Waals surface area contributed by atoms with E-state index < -0.39 is 5.97 Å². The maximum atomic E-state index is 11.9. The minimum Gasteiger partial charge on any atom is -0.478 e. The van der Waals surface area contributed by atoms with E-state index in [1.807, 2.05) is 25.3 Å². The van der Waals surface area contributed by atoms with Crippen LogP contribution < -0.4 is 16.8 Å². The number of hydrogen-bond acceptors (Lipinski definition) is 4. The van der Waals surface area contributed by atoms with E-state index in [1.165, 1.54) is 28.0 Å². The van der Waals surface area contributed by atoms with Crippen LogP contribution >= 0.6 is 0 Å². The number of aryl methyl sites for hydroxylation is 1. The highest BCUT2D eigenvalue weighted by Gasteiger charge is 2.32. The van der Waals surface area contributed by atoms with E-state index in [1.54, 1.807) is 0 Å². The zero-order valence-corrected chi connectivity index (χ0v) is 24.6. The molecule has 0 saturated heterocycles. The molecule has 3 aromatic rings. The molecule has 8 nitrogen and oxygen atoms in total. The first-order chi connectivity index (χ1) is 20.3. The van der Waals surface area contributed by atoms with Gasteiger partial charge in [0.1, 0.15) is 12.1 Å². The number of fused-ring (bicyclic) bond motifs is 2. The first-order valence-electron chi connectivity index (χ1n) is 15.2. The largest absolute Gasteiger partial charge is 0.478 e. The molecule has 0 amide bonds. The highest BCUT2D eigenvalue weighted by Crippen LogP contribution is 2.44. The van der Waals surface area contributed by atoms with Gasteiger partial charge in [0.15, 0.2) is 5.96 Å². The third-order valence-electron chi connectivity index (χ3n) is 8.58. The van der Waals surface area contributed by atoms with Crippen molar-refractivity contribution in [3.05, 3.63) is 77.5 Å². The van der Waals surface area contributed by atoms with Crippen LogP contribution in [-0.4, -0.2) is 40.9 Å². The number of aliphatic imine (C=N–C) groups is 1. The summed E-state index contributed by atoms with van der Waals surface area (Å²) >= 11 is 0. The predicted molar refractivity (Wildman–Crippen MR) is 171 cm³/mol. The van der Waals surface area contributed by atoms with E-state index in [-0.39, 0.29) is 24.5 Å². The molecule has 1 aromatic heterocycles. The number of carbonyl (C=O) groups is 2. The molecule has 0 spiro atoms. The molecule has 224 valence electrons. The van der Waals surface area contributed by atoms with Crippen molar-refractivity contribution in [1.82, 2.24) is 4.98 Å². The lowest BCUT2D eigenvalue weighted by molar-refractivity contribution is -0.131. The number of benzene rings is 2. The lowest BCUT2D eigenvalue weighted by Gasteiger charge is -2.37. The second kappa shape index (κ2) is 15.2. The number of rotatable bonds is 16. The Morgan fingerprint density at radius 1 is 1.12 bits per heavy atom.